The maximum atomic E-state index is 3.97. The molecule has 0 nitrogen and oxygen atoms in total. The van der Waals surface area contributed by atoms with Gasteiger partial charge in [0.2, 0.25) is 0 Å². The van der Waals surface area contributed by atoms with Gasteiger partial charge in [-0.2, -0.15) is 12.6 Å². The fourth-order valence-corrected chi connectivity index (χ4v) is 0.659. The minimum absolute atomic E-state index is 0.783. The predicted octanol–water partition coefficient (Wildman–Crippen LogP) is 1.87. The molecular formula is C4H7BrS. The van der Waals surface area contributed by atoms with Crippen LogP contribution in [0.3, 0.4) is 0 Å². The normalized spacial score (nSPS) is 8.33. The quantitative estimate of drug-likeness (QED) is 0.362. The van der Waals surface area contributed by atoms with E-state index in [2.05, 4.69) is 35.1 Å². The molecule has 0 rings (SSSR count). The number of alkyl halides is 1. The molecule has 0 unspecified atom stereocenters. The average Bonchev–Trinajstić information content (AvgIpc) is 1.65. The molecule has 0 saturated carbocycles. The summed E-state index contributed by atoms with van der Waals surface area (Å²) in [6.07, 6.45) is 0. The van der Waals surface area contributed by atoms with Crippen LogP contribution in [0.4, 0.5) is 0 Å². The highest BCUT2D eigenvalue weighted by Gasteiger charge is 1.80. The summed E-state index contributed by atoms with van der Waals surface area (Å²) >= 11 is 7.19. The van der Waals surface area contributed by atoms with E-state index in [0.29, 0.717) is 0 Å². The van der Waals surface area contributed by atoms with Crippen molar-refractivity contribution in [2.45, 2.75) is 0 Å². The van der Waals surface area contributed by atoms with Crippen molar-refractivity contribution in [1.82, 2.24) is 0 Å². The summed E-state index contributed by atoms with van der Waals surface area (Å²) in [5, 5.41) is 0.872. The van der Waals surface area contributed by atoms with Crippen LogP contribution in [0.25, 0.3) is 0 Å². The van der Waals surface area contributed by atoms with Crippen LogP contribution in [0.1, 0.15) is 0 Å². The number of halogens is 1. The molecule has 0 fully saturated rings. The Morgan fingerprint density at radius 3 is 2.33 bits per heavy atom. The molecule has 0 aromatic rings. The predicted molar refractivity (Wildman–Crippen MR) is 36.8 cm³/mol. The highest BCUT2D eigenvalue weighted by atomic mass is 79.9. The minimum Gasteiger partial charge on any atom is -0.175 e. The lowest BCUT2D eigenvalue weighted by molar-refractivity contribution is 1.48. The molecule has 0 aliphatic carbocycles. The van der Waals surface area contributed by atoms with Gasteiger partial charge in [-0.3, -0.25) is 0 Å². The van der Waals surface area contributed by atoms with Crippen LogP contribution >= 0.6 is 28.6 Å². The van der Waals surface area contributed by atoms with E-state index in [0.717, 1.165) is 16.7 Å². The monoisotopic (exact) mass is 166 g/mol. The highest BCUT2D eigenvalue weighted by Crippen LogP contribution is 1.95. The van der Waals surface area contributed by atoms with Gasteiger partial charge >= 0.3 is 0 Å². The standard InChI is InChI=1S/C4H7BrS/c1-4(2-5)3-6/h6H,1-3H2. The Balaban J connectivity index is 2.99. The lowest BCUT2D eigenvalue weighted by Crippen LogP contribution is -1.79. The zero-order valence-corrected chi connectivity index (χ0v) is 5.93. The molecule has 0 bridgehead atoms. The van der Waals surface area contributed by atoms with E-state index in [4.69, 9.17) is 0 Å². The molecular weight excluding hydrogens is 160 g/mol. The Morgan fingerprint density at radius 1 is 1.83 bits per heavy atom. The molecule has 0 aromatic carbocycles. The molecule has 0 atom stereocenters. The third kappa shape index (κ3) is 2.79. The molecule has 0 saturated heterocycles. The Morgan fingerprint density at radius 2 is 2.33 bits per heavy atom. The van der Waals surface area contributed by atoms with Gasteiger partial charge in [0.25, 0.3) is 0 Å². The summed E-state index contributed by atoms with van der Waals surface area (Å²) in [5.41, 5.74) is 1.12. The van der Waals surface area contributed by atoms with Gasteiger partial charge in [0.1, 0.15) is 0 Å². The molecule has 36 valence electrons. The van der Waals surface area contributed by atoms with Gasteiger partial charge in [-0.1, -0.05) is 28.1 Å². The first-order valence-electron chi connectivity index (χ1n) is 1.64. The molecule has 0 aromatic heterocycles. The second-order valence-electron chi connectivity index (χ2n) is 1.04. The molecule has 2 heteroatoms. The van der Waals surface area contributed by atoms with Crippen LogP contribution in [0.5, 0.6) is 0 Å². The SMILES string of the molecule is C=C(CS)CBr. The topological polar surface area (TPSA) is 0 Å². The van der Waals surface area contributed by atoms with E-state index in [-0.39, 0.29) is 0 Å². The van der Waals surface area contributed by atoms with Crippen molar-refractivity contribution in [2.24, 2.45) is 0 Å². The van der Waals surface area contributed by atoms with Crippen molar-refractivity contribution in [3.8, 4) is 0 Å². The van der Waals surface area contributed by atoms with E-state index in [9.17, 15) is 0 Å². The first-order chi connectivity index (χ1) is 2.81. The molecule has 6 heavy (non-hydrogen) atoms. The van der Waals surface area contributed by atoms with Gasteiger partial charge in [-0.05, 0) is 0 Å². The lowest BCUT2D eigenvalue weighted by atomic mass is 10.4. The van der Waals surface area contributed by atoms with E-state index in [1.807, 2.05) is 0 Å². The summed E-state index contributed by atoms with van der Waals surface area (Å²) in [4.78, 5) is 0. The van der Waals surface area contributed by atoms with Crippen LogP contribution in [0.2, 0.25) is 0 Å². The molecule has 0 aliphatic heterocycles. The lowest BCUT2D eigenvalue weighted by Gasteiger charge is -1.87. The first kappa shape index (κ1) is 6.57. The smallest absolute Gasteiger partial charge is 0.0247 e. The van der Waals surface area contributed by atoms with E-state index in [1.54, 1.807) is 0 Å². The maximum Gasteiger partial charge on any atom is 0.0247 e. The van der Waals surface area contributed by atoms with Gasteiger partial charge in [0.15, 0.2) is 0 Å². The third-order valence-corrected chi connectivity index (χ3v) is 1.65. The fourth-order valence-electron chi connectivity index (χ4n) is 0.0423. The first-order valence-corrected chi connectivity index (χ1v) is 3.40. The second-order valence-corrected chi connectivity index (χ2v) is 1.92. The highest BCUT2D eigenvalue weighted by molar-refractivity contribution is 9.09. The van der Waals surface area contributed by atoms with Gasteiger partial charge in [-0.25, -0.2) is 0 Å². The fraction of sp³-hybridized carbons (Fsp3) is 0.500. The summed E-state index contributed by atoms with van der Waals surface area (Å²) < 4.78 is 0. The Kier molecular flexibility index (Phi) is 4.11. The Labute approximate surface area is 52.2 Å². The number of hydrogen-bond donors (Lipinski definition) is 1. The number of rotatable bonds is 2. The molecule has 0 amide bonds. The summed E-state index contributed by atoms with van der Waals surface area (Å²) in [6, 6.07) is 0. The van der Waals surface area contributed by atoms with Crippen LogP contribution in [-0.4, -0.2) is 11.1 Å². The van der Waals surface area contributed by atoms with Crippen LogP contribution in [0, 0.1) is 0 Å². The number of hydrogen-bond acceptors (Lipinski definition) is 1. The Hall–Kier alpha value is 0.570. The van der Waals surface area contributed by atoms with Crippen molar-refractivity contribution in [3.63, 3.8) is 0 Å². The molecule has 0 radical (unpaired) electrons. The van der Waals surface area contributed by atoms with Gasteiger partial charge < -0.3 is 0 Å². The minimum atomic E-state index is 0.783. The van der Waals surface area contributed by atoms with E-state index in [1.165, 1.54) is 0 Å². The van der Waals surface area contributed by atoms with Crippen molar-refractivity contribution in [1.29, 1.82) is 0 Å². The van der Waals surface area contributed by atoms with Crippen LogP contribution < -0.4 is 0 Å². The van der Waals surface area contributed by atoms with Crippen molar-refractivity contribution in [2.75, 3.05) is 11.1 Å². The molecule has 0 spiro atoms. The zero-order chi connectivity index (χ0) is 4.99. The van der Waals surface area contributed by atoms with E-state index >= 15 is 0 Å². The van der Waals surface area contributed by atoms with Crippen molar-refractivity contribution in [3.05, 3.63) is 12.2 Å². The molecule has 0 aliphatic rings. The van der Waals surface area contributed by atoms with Gasteiger partial charge in [-0.15, -0.1) is 0 Å². The Bertz CT molecular complexity index is 45.5. The second kappa shape index (κ2) is 3.75. The van der Waals surface area contributed by atoms with Crippen LogP contribution in [-0.2, 0) is 0 Å². The van der Waals surface area contributed by atoms with Crippen molar-refractivity contribution >= 4 is 28.6 Å². The van der Waals surface area contributed by atoms with Crippen LogP contribution in [0.15, 0.2) is 12.2 Å². The van der Waals surface area contributed by atoms with Gasteiger partial charge in [0.05, 0.1) is 0 Å². The molecule has 0 N–H and O–H groups in total. The zero-order valence-electron chi connectivity index (χ0n) is 3.45. The summed E-state index contributed by atoms with van der Waals surface area (Å²) in [6.45, 7) is 3.67. The third-order valence-electron chi connectivity index (χ3n) is 0.413. The number of thiol groups is 1. The van der Waals surface area contributed by atoms with Crippen molar-refractivity contribution < 1.29 is 0 Å². The summed E-state index contributed by atoms with van der Waals surface area (Å²) in [7, 11) is 0. The summed E-state index contributed by atoms with van der Waals surface area (Å²) in [5.74, 6) is 0.783. The maximum absolute atomic E-state index is 3.97. The van der Waals surface area contributed by atoms with Gasteiger partial charge in [0, 0.05) is 11.1 Å². The van der Waals surface area contributed by atoms with E-state index < -0.39 is 0 Å². The molecule has 0 heterocycles. The largest absolute Gasteiger partial charge is 0.175 e. The average molecular weight is 167 g/mol.